The van der Waals surface area contributed by atoms with E-state index in [1.165, 1.54) is 12.8 Å². The number of rotatable bonds is 5. The Morgan fingerprint density at radius 2 is 2.04 bits per heavy atom. The molecule has 2 fully saturated rings. The van der Waals surface area contributed by atoms with Crippen LogP contribution in [0.25, 0.3) is 0 Å². The van der Waals surface area contributed by atoms with Gasteiger partial charge in [0, 0.05) is 51.4 Å². The predicted octanol–water partition coefficient (Wildman–Crippen LogP) is 2.28. The molecular formula is C19H32N4O2. The zero-order valence-electron chi connectivity index (χ0n) is 15.9. The molecule has 6 nitrogen and oxygen atoms in total. The van der Waals surface area contributed by atoms with Crippen molar-refractivity contribution in [2.75, 3.05) is 32.7 Å². The fraction of sp³-hybridized carbons (Fsp3) is 0.789. The third-order valence-electron chi connectivity index (χ3n) is 5.76. The van der Waals surface area contributed by atoms with E-state index in [0.717, 1.165) is 63.6 Å². The first-order valence-electron chi connectivity index (χ1n) is 9.77. The van der Waals surface area contributed by atoms with Gasteiger partial charge in [-0.1, -0.05) is 12.1 Å². The number of likely N-dealkylation sites (tertiary alicyclic amines) is 1. The van der Waals surface area contributed by atoms with Crippen molar-refractivity contribution in [3.05, 3.63) is 17.5 Å². The molecule has 2 saturated heterocycles. The van der Waals surface area contributed by atoms with E-state index < -0.39 is 0 Å². The lowest BCUT2D eigenvalue weighted by atomic mass is 9.99. The molecule has 3 heterocycles. The molecule has 1 aromatic rings. The number of carbonyl (C=O) groups excluding carboxylic acids is 1. The summed E-state index contributed by atoms with van der Waals surface area (Å²) >= 11 is 0. The van der Waals surface area contributed by atoms with Gasteiger partial charge in [-0.2, -0.15) is 0 Å². The minimum absolute atomic E-state index is 0.0106. The molecule has 0 radical (unpaired) electrons. The highest BCUT2D eigenvalue weighted by Gasteiger charge is 2.32. The van der Waals surface area contributed by atoms with Crippen LogP contribution in [0.3, 0.4) is 0 Å². The molecule has 0 N–H and O–H groups in total. The van der Waals surface area contributed by atoms with Crippen molar-refractivity contribution in [3.63, 3.8) is 0 Å². The maximum Gasteiger partial charge on any atom is 0.239 e. The van der Waals surface area contributed by atoms with Crippen LogP contribution in [-0.4, -0.2) is 70.6 Å². The molecule has 25 heavy (non-hydrogen) atoms. The van der Waals surface area contributed by atoms with E-state index in [1.807, 2.05) is 13.0 Å². The molecular weight excluding hydrogens is 316 g/mol. The lowest BCUT2D eigenvalue weighted by Crippen LogP contribution is -2.56. The van der Waals surface area contributed by atoms with Gasteiger partial charge in [0.2, 0.25) is 5.91 Å². The van der Waals surface area contributed by atoms with Crippen LogP contribution in [0.4, 0.5) is 0 Å². The zero-order chi connectivity index (χ0) is 17.8. The molecule has 3 rings (SSSR count). The van der Waals surface area contributed by atoms with Crippen LogP contribution in [0.2, 0.25) is 0 Å². The minimum Gasteiger partial charge on any atom is -0.361 e. The Bertz CT molecular complexity index is 566. The molecule has 2 atom stereocenters. The van der Waals surface area contributed by atoms with Gasteiger partial charge in [0.05, 0.1) is 11.7 Å². The smallest absolute Gasteiger partial charge is 0.239 e. The largest absolute Gasteiger partial charge is 0.361 e. The molecule has 0 aliphatic carbocycles. The molecule has 2 aliphatic rings. The maximum absolute atomic E-state index is 13.0. The van der Waals surface area contributed by atoms with Gasteiger partial charge in [-0.25, -0.2) is 0 Å². The van der Waals surface area contributed by atoms with Crippen molar-refractivity contribution in [2.24, 2.45) is 0 Å². The first-order valence-corrected chi connectivity index (χ1v) is 9.77. The Kier molecular flexibility index (Phi) is 6.12. The van der Waals surface area contributed by atoms with Gasteiger partial charge in [-0.3, -0.25) is 14.6 Å². The summed E-state index contributed by atoms with van der Waals surface area (Å²) in [5.41, 5.74) is 0.995. The highest BCUT2D eigenvalue weighted by atomic mass is 16.5. The van der Waals surface area contributed by atoms with E-state index >= 15 is 0 Å². The normalized spacial score (nSPS) is 24.4. The quantitative estimate of drug-likeness (QED) is 0.817. The molecule has 1 amide bonds. The predicted molar refractivity (Wildman–Crippen MR) is 97.2 cm³/mol. The van der Waals surface area contributed by atoms with Crippen LogP contribution < -0.4 is 0 Å². The van der Waals surface area contributed by atoms with Crippen molar-refractivity contribution in [3.8, 4) is 0 Å². The summed E-state index contributed by atoms with van der Waals surface area (Å²) in [6.45, 7) is 11.8. The summed E-state index contributed by atoms with van der Waals surface area (Å²) in [4.78, 5) is 19.9. The van der Waals surface area contributed by atoms with E-state index in [1.54, 1.807) is 0 Å². The lowest BCUT2D eigenvalue weighted by Gasteiger charge is -2.42. The van der Waals surface area contributed by atoms with Crippen molar-refractivity contribution in [1.82, 2.24) is 19.9 Å². The molecule has 2 unspecified atom stereocenters. The second-order valence-electron chi connectivity index (χ2n) is 7.51. The van der Waals surface area contributed by atoms with E-state index in [2.05, 4.69) is 33.7 Å². The Hall–Kier alpha value is -1.40. The second-order valence-corrected chi connectivity index (χ2v) is 7.51. The first kappa shape index (κ1) is 18.4. The first-order chi connectivity index (χ1) is 12.1. The number of hydrogen-bond donors (Lipinski definition) is 0. The average molecular weight is 348 g/mol. The summed E-state index contributed by atoms with van der Waals surface area (Å²) in [5, 5.41) is 4.08. The van der Waals surface area contributed by atoms with Crippen LogP contribution in [-0.2, 0) is 11.3 Å². The Morgan fingerprint density at radius 1 is 1.28 bits per heavy atom. The van der Waals surface area contributed by atoms with Gasteiger partial charge >= 0.3 is 0 Å². The highest BCUT2D eigenvalue weighted by molar-refractivity contribution is 5.82. The molecule has 0 aromatic carbocycles. The molecule has 1 aromatic heterocycles. The molecule has 2 aliphatic heterocycles. The third-order valence-corrected chi connectivity index (χ3v) is 5.76. The number of amides is 1. The summed E-state index contributed by atoms with van der Waals surface area (Å²) in [6, 6.07) is 2.43. The Morgan fingerprint density at radius 3 is 2.68 bits per heavy atom. The van der Waals surface area contributed by atoms with Crippen molar-refractivity contribution in [1.29, 1.82) is 0 Å². The molecule has 0 spiro atoms. The van der Waals surface area contributed by atoms with E-state index in [4.69, 9.17) is 4.52 Å². The summed E-state index contributed by atoms with van der Waals surface area (Å²) in [6.07, 6.45) is 4.65. The topological polar surface area (TPSA) is 52.8 Å². The fourth-order valence-corrected chi connectivity index (χ4v) is 4.14. The second kappa shape index (κ2) is 8.32. The van der Waals surface area contributed by atoms with Crippen molar-refractivity contribution < 1.29 is 9.32 Å². The van der Waals surface area contributed by atoms with Crippen LogP contribution >= 0.6 is 0 Å². The zero-order valence-corrected chi connectivity index (χ0v) is 15.9. The maximum atomic E-state index is 13.0. The summed E-state index contributed by atoms with van der Waals surface area (Å²) < 4.78 is 5.15. The highest BCUT2D eigenvalue weighted by Crippen LogP contribution is 2.22. The molecule has 0 bridgehead atoms. The molecule has 6 heteroatoms. The van der Waals surface area contributed by atoms with Crippen LogP contribution in [0.1, 0.15) is 51.0 Å². The SMILES string of the molecule is CCC1CCCCN1C(=O)C(C)N1CCN(Cc2cc(C)on2)CC1. The Balaban J connectivity index is 1.50. The van der Waals surface area contributed by atoms with Gasteiger partial charge < -0.3 is 9.42 Å². The van der Waals surface area contributed by atoms with Crippen LogP contribution in [0, 0.1) is 6.92 Å². The summed E-state index contributed by atoms with van der Waals surface area (Å²) in [5.74, 6) is 1.19. The van der Waals surface area contributed by atoms with Crippen LogP contribution in [0.15, 0.2) is 10.6 Å². The number of aryl methyl sites for hydroxylation is 1. The van der Waals surface area contributed by atoms with Gasteiger partial charge in [0.25, 0.3) is 0 Å². The number of carbonyl (C=O) groups is 1. The van der Waals surface area contributed by atoms with Crippen molar-refractivity contribution in [2.45, 2.75) is 65.1 Å². The van der Waals surface area contributed by atoms with Gasteiger partial charge in [-0.15, -0.1) is 0 Å². The number of nitrogens with zero attached hydrogens (tertiary/aromatic N) is 4. The van der Waals surface area contributed by atoms with E-state index in [0.29, 0.717) is 11.9 Å². The third kappa shape index (κ3) is 4.42. The lowest BCUT2D eigenvalue weighted by molar-refractivity contribution is -0.141. The average Bonchev–Trinajstić information content (AvgIpc) is 3.06. The molecule has 0 saturated carbocycles. The standard InChI is InChI=1S/C19H32N4O2/c1-4-18-7-5-6-8-23(18)19(24)16(3)22-11-9-21(10-12-22)14-17-13-15(2)25-20-17/h13,16,18H,4-12,14H2,1-3H3. The van der Waals surface area contributed by atoms with Gasteiger partial charge in [0.1, 0.15) is 5.76 Å². The van der Waals surface area contributed by atoms with Crippen molar-refractivity contribution >= 4 is 5.91 Å². The number of aromatic nitrogens is 1. The fourth-order valence-electron chi connectivity index (χ4n) is 4.14. The Labute approximate surface area is 151 Å². The van der Waals surface area contributed by atoms with Crippen LogP contribution in [0.5, 0.6) is 0 Å². The van der Waals surface area contributed by atoms with Gasteiger partial charge in [-0.05, 0) is 39.5 Å². The molecule has 140 valence electrons. The minimum atomic E-state index is -0.0106. The number of piperazine rings is 1. The number of hydrogen-bond acceptors (Lipinski definition) is 5. The van der Waals surface area contributed by atoms with Gasteiger partial charge in [0.15, 0.2) is 0 Å². The monoisotopic (exact) mass is 348 g/mol. The van der Waals surface area contributed by atoms with E-state index in [-0.39, 0.29) is 6.04 Å². The number of piperidine rings is 1. The summed E-state index contributed by atoms with van der Waals surface area (Å²) in [7, 11) is 0. The van der Waals surface area contributed by atoms with E-state index in [9.17, 15) is 4.79 Å².